The molecule has 0 spiro atoms. The third-order valence-corrected chi connectivity index (χ3v) is 2.09. The molecule has 8 heteroatoms. The van der Waals surface area contributed by atoms with E-state index in [0.29, 0.717) is 11.4 Å². The maximum Gasteiger partial charge on any atom is 0.347 e. The molecule has 1 unspecified atom stereocenters. The maximum atomic E-state index is 11.5. The molecule has 98 valence electrons. The number of nitrogens with two attached hydrogens (primary N) is 1. The number of hydrogen-bond acceptors (Lipinski definition) is 5. The first-order valence-electron chi connectivity index (χ1n) is 5.19. The van der Waals surface area contributed by atoms with E-state index in [4.69, 9.17) is 17.3 Å². The molecule has 0 aliphatic carbocycles. The highest BCUT2D eigenvalue weighted by Crippen LogP contribution is 2.02. The molecule has 7 nitrogen and oxygen atoms in total. The van der Waals surface area contributed by atoms with Crippen LogP contribution in [0.5, 0.6) is 0 Å². The van der Waals surface area contributed by atoms with Crippen LogP contribution in [0.15, 0.2) is 5.29 Å². The van der Waals surface area contributed by atoms with E-state index in [9.17, 15) is 14.5 Å². The molecule has 0 aromatic rings. The van der Waals surface area contributed by atoms with Gasteiger partial charge in [-0.1, -0.05) is 13.8 Å². The molecule has 0 heterocycles. The van der Waals surface area contributed by atoms with Crippen molar-refractivity contribution in [3.8, 4) is 0 Å². The van der Waals surface area contributed by atoms with Gasteiger partial charge < -0.3 is 5.73 Å². The number of urea groups is 1. The molecular weight excluding hydrogens is 248 g/mol. The van der Waals surface area contributed by atoms with Crippen molar-refractivity contribution in [3.05, 3.63) is 4.91 Å². The lowest BCUT2D eigenvalue weighted by Gasteiger charge is -2.16. The number of hydrogen-bond donors (Lipinski definition) is 2. The van der Waals surface area contributed by atoms with Crippen molar-refractivity contribution in [2.24, 2.45) is 16.9 Å². The summed E-state index contributed by atoms with van der Waals surface area (Å²) in [6.07, 6.45) is 0.448. The monoisotopic (exact) mass is 264 g/mol. The number of halogens is 1. The fourth-order valence-electron chi connectivity index (χ4n) is 1.14. The standard InChI is InChI=1S/C9H17ClN4O3/c1-6(2)5-7(11)8(15)12-9(16)14(13-17)4-3-10/h6-7H,3-5,11H2,1-2H3,(H,12,15,16). The number of imide groups is 1. The maximum absolute atomic E-state index is 11.5. The Morgan fingerprint density at radius 2 is 2.06 bits per heavy atom. The lowest BCUT2D eigenvalue weighted by Crippen LogP contribution is -2.48. The minimum absolute atomic E-state index is 0.0470. The van der Waals surface area contributed by atoms with E-state index in [-0.39, 0.29) is 18.3 Å². The van der Waals surface area contributed by atoms with Crippen molar-refractivity contribution in [1.29, 1.82) is 0 Å². The van der Waals surface area contributed by atoms with Crippen LogP contribution in [-0.4, -0.2) is 35.4 Å². The van der Waals surface area contributed by atoms with Crippen molar-refractivity contribution in [1.82, 2.24) is 10.3 Å². The van der Waals surface area contributed by atoms with Gasteiger partial charge in [-0.2, -0.15) is 5.01 Å². The van der Waals surface area contributed by atoms with E-state index in [0.717, 1.165) is 0 Å². The zero-order chi connectivity index (χ0) is 13.4. The third-order valence-electron chi connectivity index (χ3n) is 1.92. The van der Waals surface area contributed by atoms with Crippen molar-refractivity contribution < 1.29 is 9.59 Å². The summed E-state index contributed by atoms with van der Waals surface area (Å²) in [6.45, 7) is 3.74. The second-order valence-corrected chi connectivity index (χ2v) is 4.30. The summed E-state index contributed by atoms with van der Waals surface area (Å²) in [5, 5.41) is 4.97. The van der Waals surface area contributed by atoms with E-state index >= 15 is 0 Å². The Bertz CT molecular complexity index is 285. The van der Waals surface area contributed by atoms with Gasteiger partial charge in [-0.05, 0) is 12.3 Å². The zero-order valence-electron chi connectivity index (χ0n) is 9.85. The average molecular weight is 265 g/mol. The van der Waals surface area contributed by atoms with Gasteiger partial charge in [0.25, 0.3) is 0 Å². The lowest BCUT2D eigenvalue weighted by molar-refractivity contribution is -0.121. The van der Waals surface area contributed by atoms with Crippen LogP contribution in [0.2, 0.25) is 0 Å². The zero-order valence-corrected chi connectivity index (χ0v) is 10.6. The van der Waals surface area contributed by atoms with E-state index in [1.807, 2.05) is 19.2 Å². The van der Waals surface area contributed by atoms with Crippen LogP contribution in [0.3, 0.4) is 0 Å². The highest BCUT2D eigenvalue weighted by atomic mass is 35.5. The summed E-state index contributed by atoms with van der Waals surface area (Å²) >= 11 is 5.36. The van der Waals surface area contributed by atoms with Crippen molar-refractivity contribution >= 4 is 23.5 Å². The van der Waals surface area contributed by atoms with Crippen molar-refractivity contribution in [3.63, 3.8) is 0 Å². The first kappa shape index (κ1) is 15.8. The summed E-state index contributed by atoms with van der Waals surface area (Å²) in [6, 6.07) is -1.70. The second-order valence-electron chi connectivity index (χ2n) is 3.92. The van der Waals surface area contributed by atoms with Crippen LogP contribution < -0.4 is 11.1 Å². The molecule has 0 aliphatic rings. The van der Waals surface area contributed by atoms with Gasteiger partial charge in [-0.25, -0.2) is 4.79 Å². The molecule has 3 amide bonds. The minimum Gasteiger partial charge on any atom is -0.320 e. The summed E-state index contributed by atoms with van der Waals surface area (Å²) < 4.78 is 0. The van der Waals surface area contributed by atoms with E-state index in [1.54, 1.807) is 0 Å². The Kier molecular flexibility index (Phi) is 7.40. The minimum atomic E-state index is -0.912. The lowest BCUT2D eigenvalue weighted by atomic mass is 10.0. The van der Waals surface area contributed by atoms with Gasteiger partial charge in [0, 0.05) is 5.88 Å². The Hall–Kier alpha value is -1.21. The van der Waals surface area contributed by atoms with Gasteiger partial charge in [0.15, 0.2) is 0 Å². The molecule has 0 aliphatic heterocycles. The molecule has 0 aromatic carbocycles. The molecule has 0 radical (unpaired) electrons. The van der Waals surface area contributed by atoms with E-state index < -0.39 is 18.0 Å². The summed E-state index contributed by atoms with van der Waals surface area (Å²) in [5.74, 6) is -0.355. The normalized spacial score (nSPS) is 12.1. The van der Waals surface area contributed by atoms with Crippen molar-refractivity contribution in [2.75, 3.05) is 12.4 Å². The SMILES string of the molecule is CC(C)CC(N)C(=O)NC(=O)N(CCCl)N=O. The number of alkyl halides is 1. The number of rotatable bonds is 6. The molecule has 1 atom stereocenters. The van der Waals surface area contributed by atoms with Gasteiger partial charge in [0.05, 0.1) is 17.9 Å². The number of amides is 3. The van der Waals surface area contributed by atoms with Gasteiger partial charge in [0.1, 0.15) is 0 Å². The molecule has 0 aromatic heterocycles. The quantitative estimate of drug-likeness (QED) is 0.421. The van der Waals surface area contributed by atoms with Crippen LogP contribution in [0.1, 0.15) is 20.3 Å². The first-order chi connectivity index (χ1) is 7.92. The number of nitrogens with one attached hydrogen (secondary N) is 1. The van der Waals surface area contributed by atoms with E-state index in [2.05, 4.69) is 5.29 Å². The Labute approximate surface area is 105 Å². The number of nitrogens with zero attached hydrogens (tertiary/aromatic N) is 2. The van der Waals surface area contributed by atoms with Crippen LogP contribution in [0.25, 0.3) is 0 Å². The topological polar surface area (TPSA) is 105 Å². The van der Waals surface area contributed by atoms with Gasteiger partial charge in [-0.3, -0.25) is 10.1 Å². The first-order valence-corrected chi connectivity index (χ1v) is 5.73. The molecule has 0 rings (SSSR count). The predicted octanol–water partition coefficient (Wildman–Crippen LogP) is 0.818. The van der Waals surface area contributed by atoms with Crippen LogP contribution in [0, 0.1) is 10.8 Å². The smallest absolute Gasteiger partial charge is 0.320 e. The number of carbonyl (C=O) groups is 2. The molecule has 0 fully saturated rings. The molecule has 17 heavy (non-hydrogen) atoms. The largest absolute Gasteiger partial charge is 0.347 e. The molecule has 0 bridgehead atoms. The van der Waals surface area contributed by atoms with Gasteiger partial charge in [-0.15, -0.1) is 16.5 Å². The molecule has 0 saturated heterocycles. The predicted molar refractivity (Wildman–Crippen MR) is 64.2 cm³/mol. The highest BCUT2D eigenvalue weighted by Gasteiger charge is 2.21. The van der Waals surface area contributed by atoms with Gasteiger partial charge in [0.2, 0.25) is 5.91 Å². The van der Waals surface area contributed by atoms with Crippen molar-refractivity contribution in [2.45, 2.75) is 26.3 Å². The van der Waals surface area contributed by atoms with Crippen LogP contribution >= 0.6 is 11.6 Å². The average Bonchev–Trinajstić information content (AvgIpc) is 2.24. The Balaban J connectivity index is 4.27. The van der Waals surface area contributed by atoms with Crippen LogP contribution in [-0.2, 0) is 4.79 Å². The second kappa shape index (κ2) is 7.97. The van der Waals surface area contributed by atoms with E-state index in [1.165, 1.54) is 0 Å². The fraction of sp³-hybridized carbons (Fsp3) is 0.778. The molecule has 0 saturated carbocycles. The molecule has 3 N–H and O–H groups in total. The number of carbonyl (C=O) groups excluding carboxylic acids is 2. The summed E-state index contributed by atoms with van der Waals surface area (Å²) in [4.78, 5) is 33.1. The summed E-state index contributed by atoms with van der Waals surface area (Å²) in [7, 11) is 0. The number of nitroso groups, excluding NO2 is 1. The highest BCUT2D eigenvalue weighted by molar-refractivity contribution is 6.18. The summed E-state index contributed by atoms with van der Waals surface area (Å²) in [5.41, 5.74) is 5.56. The fourth-order valence-corrected chi connectivity index (χ4v) is 1.30. The Morgan fingerprint density at radius 1 is 1.47 bits per heavy atom. The van der Waals surface area contributed by atoms with Gasteiger partial charge >= 0.3 is 6.03 Å². The Morgan fingerprint density at radius 3 is 2.47 bits per heavy atom. The van der Waals surface area contributed by atoms with Crippen LogP contribution in [0.4, 0.5) is 4.79 Å². The third kappa shape index (κ3) is 6.18. The molecular formula is C9H17ClN4O3.